The quantitative estimate of drug-likeness (QED) is 0.847. The summed E-state index contributed by atoms with van der Waals surface area (Å²) in [5, 5.41) is 2.84. The monoisotopic (exact) mass is 301 g/mol. The van der Waals surface area contributed by atoms with Crippen molar-refractivity contribution in [3.05, 3.63) is 21.7 Å². The number of rotatable bonds is 5. The van der Waals surface area contributed by atoms with E-state index in [1.807, 2.05) is 6.92 Å². The number of carbonyl (C=O) groups excluding carboxylic acids is 1. The summed E-state index contributed by atoms with van der Waals surface area (Å²) in [4.78, 5) is 12.0. The number of ether oxygens (including phenoxy) is 2. The number of aryl methyl sites for hydroxylation is 1. The Morgan fingerprint density at radius 2 is 2.06 bits per heavy atom. The highest BCUT2D eigenvalue weighted by molar-refractivity contribution is 9.10. The smallest absolute Gasteiger partial charge is 0.178 e. The van der Waals surface area contributed by atoms with Crippen LogP contribution in [0.15, 0.2) is 10.5 Å². The Bertz CT molecular complexity index is 432. The zero-order valence-corrected chi connectivity index (χ0v) is 12.0. The summed E-state index contributed by atoms with van der Waals surface area (Å²) in [6, 6.07) is 1.80. The van der Waals surface area contributed by atoms with Crippen LogP contribution in [0.5, 0.6) is 11.5 Å². The minimum absolute atomic E-state index is 0.0119. The number of Topliss-reactive ketones (excluding diaryl/α,β-unsaturated/α-hetero) is 1. The van der Waals surface area contributed by atoms with Crippen LogP contribution < -0.4 is 14.8 Å². The molecule has 0 fully saturated rings. The SMILES string of the molecule is CNCC(=O)c1c(C)cc(OC)c(OC)c1Br. The third-order valence-electron chi connectivity index (χ3n) is 2.42. The van der Waals surface area contributed by atoms with E-state index in [9.17, 15) is 4.79 Å². The maximum atomic E-state index is 12.0. The standard InChI is InChI=1S/C12H16BrNO3/c1-7-5-9(16-3)12(17-4)11(13)10(7)8(15)6-14-2/h5,14H,6H2,1-4H3. The molecule has 4 nitrogen and oxygen atoms in total. The lowest BCUT2D eigenvalue weighted by molar-refractivity contribution is 0.0992. The molecule has 17 heavy (non-hydrogen) atoms. The van der Waals surface area contributed by atoms with Gasteiger partial charge in [0.2, 0.25) is 0 Å². The van der Waals surface area contributed by atoms with Gasteiger partial charge in [-0.15, -0.1) is 0 Å². The first-order chi connectivity index (χ1) is 8.06. The van der Waals surface area contributed by atoms with Crippen molar-refractivity contribution in [3.8, 4) is 11.5 Å². The van der Waals surface area contributed by atoms with Gasteiger partial charge in [-0.1, -0.05) is 0 Å². The number of likely N-dealkylation sites (N-methyl/N-ethyl adjacent to an activating group) is 1. The third-order valence-corrected chi connectivity index (χ3v) is 3.18. The summed E-state index contributed by atoms with van der Waals surface area (Å²) in [6.07, 6.45) is 0. The van der Waals surface area contributed by atoms with Crippen molar-refractivity contribution < 1.29 is 14.3 Å². The second-order valence-electron chi connectivity index (χ2n) is 3.57. The van der Waals surface area contributed by atoms with Crippen LogP contribution in [0.1, 0.15) is 15.9 Å². The minimum Gasteiger partial charge on any atom is -0.493 e. The van der Waals surface area contributed by atoms with Crippen LogP contribution in [0.3, 0.4) is 0 Å². The predicted octanol–water partition coefficient (Wildman–Crippen LogP) is 2.18. The van der Waals surface area contributed by atoms with E-state index in [2.05, 4.69) is 21.2 Å². The molecule has 1 rings (SSSR count). The van der Waals surface area contributed by atoms with Crippen LogP contribution in [0.4, 0.5) is 0 Å². The number of halogens is 1. The number of benzene rings is 1. The number of hydrogen-bond acceptors (Lipinski definition) is 4. The van der Waals surface area contributed by atoms with Crippen LogP contribution in [-0.4, -0.2) is 33.6 Å². The Hall–Kier alpha value is -1.07. The second kappa shape index (κ2) is 6.02. The van der Waals surface area contributed by atoms with E-state index in [-0.39, 0.29) is 12.3 Å². The molecule has 0 aliphatic heterocycles. The van der Waals surface area contributed by atoms with Gasteiger partial charge in [0, 0.05) is 5.56 Å². The van der Waals surface area contributed by atoms with Crippen molar-refractivity contribution in [2.75, 3.05) is 27.8 Å². The van der Waals surface area contributed by atoms with Gasteiger partial charge >= 0.3 is 0 Å². The van der Waals surface area contributed by atoms with Gasteiger partial charge in [-0.2, -0.15) is 0 Å². The molecule has 5 heteroatoms. The molecule has 0 heterocycles. The molecule has 0 bridgehead atoms. The Labute approximate surface area is 109 Å². The van der Waals surface area contributed by atoms with Gasteiger partial charge in [-0.25, -0.2) is 0 Å². The predicted molar refractivity (Wildman–Crippen MR) is 70.2 cm³/mol. The van der Waals surface area contributed by atoms with Gasteiger partial charge in [0.1, 0.15) is 0 Å². The zero-order chi connectivity index (χ0) is 13.0. The summed E-state index contributed by atoms with van der Waals surface area (Å²) < 4.78 is 11.1. The van der Waals surface area contributed by atoms with E-state index in [1.165, 1.54) is 0 Å². The molecular formula is C12H16BrNO3. The molecule has 0 spiro atoms. The lowest BCUT2D eigenvalue weighted by Crippen LogP contribution is -2.20. The molecule has 1 N–H and O–H groups in total. The van der Waals surface area contributed by atoms with Crippen molar-refractivity contribution in [1.82, 2.24) is 5.32 Å². The highest BCUT2D eigenvalue weighted by atomic mass is 79.9. The third kappa shape index (κ3) is 2.79. The molecular weight excluding hydrogens is 286 g/mol. The van der Waals surface area contributed by atoms with Crippen molar-refractivity contribution >= 4 is 21.7 Å². The molecule has 1 aromatic rings. The van der Waals surface area contributed by atoms with E-state index in [0.717, 1.165) is 5.56 Å². The summed E-state index contributed by atoms with van der Waals surface area (Å²) in [6.45, 7) is 2.16. The Kier molecular flexibility index (Phi) is 4.96. The molecule has 0 saturated carbocycles. The van der Waals surface area contributed by atoms with Crippen molar-refractivity contribution in [1.29, 1.82) is 0 Å². The fourth-order valence-electron chi connectivity index (χ4n) is 1.66. The molecule has 1 aromatic carbocycles. The van der Waals surface area contributed by atoms with E-state index >= 15 is 0 Å². The Morgan fingerprint density at radius 3 is 2.53 bits per heavy atom. The van der Waals surface area contributed by atoms with Crippen LogP contribution >= 0.6 is 15.9 Å². The summed E-state index contributed by atoms with van der Waals surface area (Å²) in [5.74, 6) is 1.16. The molecule has 0 unspecified atom stereocenters. The van der Waals surface area contributed by atoms with Crippen LogP contribution in [0.25, 0.3) is 0 Å². The van der Waals surface area contributed by atoms with Gasteiger partial charge in [0.15, 0.2) is 17.3 Å². The highest BCUT2D eigenvalue weighted by Crippen LogP contribution is 2.39. The van der Waals surface area contributed by atoms with Gasteiger partial charge in [-0.3, -0.25) is 4.79 Å². The largest absolute Gasteiger partial charge is 0.493 e. The molecule has 0 aliphatic rings. The van der Waals surface area contributed by atoms with Crippen molar-refractivity contribution in [2.24, 2.45) is 0 Å². The second-order valence-corrected chi connectivity index (χ2v) is 4.36. The fraction of sp³-hybridized carbons (Fsp3) is 0.417. The topological polar surface area (TPSA) is 47.6 Å². The normalized spacial score (nSPS) is 10.2. The number of nitrogens with one attached hydrogen (secondary N) is 1. The molecule has 0 saturated heterocycles. The zero-order valence-electron chi connectivity index (χ0n) is 10.4. The van der Waals surface area contributed by atoms with Crippen molar-refractivity contribution in [3.63, 3.8) is 0 Å². The fourth-order valence-corrected chi connectivity index (χ4v) is 2.55. The average molecular weight is 302 g/mol. The van der Waals surface area contributed by atoms with E-state index in [1.54, 1.807) is 27.3 Å². The number of carbonyl (C=O) groups is 1. The molecule has 0 amide bonds. The molecule has 94 valence electrons. The van der Waals surface area contributed by atoms with E-state index in [0.29, 0.717) is 21.5 Å². The van der Waals surface area contributed by atoms with Crippen LogP contribution in [-0.2, 0) is 0 Å². The first-order valence-corrected chi connectivity index (χ1v) is 5.95. The van der Waals surface area contributed by atoms with Gasteiger partial charge in [0.25, 0.3) is 0 Å². The summed E-state index contributed by atoms with van der Waals surface area (Å²) in [5.41, 5.74) is 1.48. The number of hydrogen-bond donors (Lipinski definition) is 1. The Balaban J connectivity index is 3.36. The maximum Gasteiger partial charge on any atom is 0.178 e. The molecule has 0 aliphatic carbocycles. The highest BCUT2D eigenvalue weighted by Gasteiger charge is 2.20. The first-order valence-electron chi connectivity index (χ1n) is 5.15. The molecule has 0 aromatic heterocycles. The molecule has 0 radical (unpaired) electrons. The van der Waals surface area contributed by atoms with E-state index in [4.69, 9.17) is 9.47 Å². The molecule has 0 atom stereocenters. The lowest BCUT2D eigenvalue weighted by Gasteiger charge is -2.15. The first kappa shape index (κ1) is 14.0. The lowest BCUT2D eigenvalue weighted by atomic mass is 10.0. The summed E-state index contributed by atoms with van der Waals surface area (Å²) in [7, 11) is 4.85. The average Bonchev–Trinajstić information content (AvgIpc) is 2.28. The van der Waals surface area contributed by atoms with Gasteiger partial charge in [-0.05, 0) is 41.5 Å². The van der Waals surface area contributed by atoms with Gasteiger partial charge in [0.05, 0.1) is 25.2 Å². The minimum atomic E-state index is 0.0119. The van der Waals surface area contributed by atoms with E-state index < -0.39 is 0 Å². The number of methoxy groups -OCH3 is 2. The maximum absolute atomic E-state index is 12.0. The Morgan fingerprint density at radius 1 is 1.41 bits per heavy atom. The van der Waals surface area contributed by atoms with Crippen LogP contribution in [0.2, 0.25) is 0 Å². The van der Waals surface area contributed by atoms with Gasteiger partial charge < -0.3 is 14.8 Å². The number of ketones is 1. The summed E-state index contributed by atoms with van der Waals surface area (Å²) >= 11 is 3.40. The van der Waals surface area contributed by atoms with Crippen molar-refractivity contribution in [2.45, 2.75) is 6.92 Å². The van der Waals surface area contributed by atoms with Crippen LogP contribution in [0, 0.1) is 6.92 Å².